The van der Waals surface area contributed by atoms with E-state index in [9.17, 15) is 14.4 Å². The van der Waals surface area contributed by atoms with Gasteiger partial charge in [-0.15, -0.1) is 0 Å². The first-order valence-electron chi connectivity index (χ1n) is 10.7. The number of anilines is 1. The lowest BCUT2D eigenvalue weighted by atomic mass is 10.1. The Morgan fingerprint density at radius 1 is 1.06 bits per heavy atom. The molecule has 0 aliphatic carbocycles. The Bertz CT molecular complexity index is 1220. The van der Waals surface area contributed by atoms with Crippen molar-refractivity contribution in [3.05, 3.63) is 69.1 Å². The molecule has 2 aromatic carbocycles. The van der Waals surface area contributed by atoms with Crippen molar-refractivity contribution in [2.24, 2.45) is 5.92 Å². The van der Waals surface area contributed by atoms with Gasteiger partial charge in [0.25, 0.3) is 11.5 Å². The Labute approximate surface area is 188 Å². The predicted molar refractivity (Wildman–Crippen MR) is 127 cm³/mol. The summed E-state index contributed by atoms with van der Waals surface area (Å²) in [6.07, 6.45) is 0. The van der Waals surface area contributed by atoms with Crippen molar-refractivity contribution in [3.63, 3.8) is 0 Å². The van der Waals surface area contributed by atoms with E-state index >= 15 is 0 Å². The number of hydrogen-bond donors (Lipinski definition) is 1. The van der Waals surface area contributed by atoms with Gasteiger partial charge in [-0.2, -0.15) is 5.10 Å². The maximum Gasteiger partial charge on any atom is 0.275 e. The summed E-state index contributed by atoms with van der Waals surface area (Å²) in [5.41, 5.74) is 3.77. The average molecular weight is 435 g/mol. The topological polar surface area (TPSA) is 84.3 Å². The van der Waals surface area contributed by atoms with Gasteiger partial charge in [0.2, 0.25) is 5.91 Å². The van der Waals surface area contributed by atoms with Crippen LogP contribution in [0.2, 0.25) is 0 Å². The average Bonchev–Trinajstić information content (AvgIpc) is 2.72. The maximum atomic E-state index is 13.2. The first-order valence-corrected chi connectivity index (χ1v) is 10.7. The summed E-state index contributed by atoms with van der Waals surface area (Å²) in [5.74, 6) is -0.518. The van der Waals surface area contributed by atoms with Crippen molar-refractivity contribution in [2.75, 3.05) is 18.9 Å². The predicted octanol–water partition coefficient (Wildman–Crippen LogP) is 3.69. The van der Waals surface area contributed by atoms with E-state index < -0.39 is 5.91 Å². The zero-order chi connectivity index (χ0) is 23.6. The molecule has 0 aliphatic heterocycles. The van der Waals surface area contributed by atoms with Crippen LogP contribution in [0, 0.1) is 26.7 Å². The van der Waals surface area contributed by atoms with Gasteiger partial charge in [-0.05, 0) is 43.9 Å². The summed E-state index contributed by atoms with van der Waals surface area (Å²) in [4.78, 5) is 40.1. The zero-order valence-corrected chi connectivity index (χ0v) is 19.5. The van der Waals surface area contributed by atoms with Gasteiger partial charge in [-0.3, -0.25) is 14.4 Å². The van der Waals surface area contributed by atoms with Crippen LogP contribution >= 0.6 is 0 Å². The molecule has 1 aromatic heterocycles. The van der Waals surface area contributed by atoms with E-state index in [1.165, 1.54) is 9.58 Å². The number of aryl methyl sites for hydroxylation is 3. The van der Waals surface area contributed by atoms with Gasteiger partial charge >= 0.3 is 0 Å². The first kappa shape index (κ1) is 23.2. The van der Waals surface area contributed by atoms with Crippen LogP contribution in [0.15, 0.2) is 41.2 Å². The fourth-order valence-electron chi connectivity index (χ4n) is 3.89. The van der Waals surface area contributed by atoms with Crippen molar-refractivity contribution in [1.29, 1.82) is 0 Å². The molecule has 1 heterocycles. The van der Waals surface area contributed by atoms with Gasteiger partial charge in [-0.1, -0.05) is 49.7 Å². The third kappa shape index (κ3) is 4.88. The van der Waals surface area contributed by atoms with Crippen molar-refractivity contribution in [2.45, 2.75) is 41.2 Å². The molecule has 168 valence electrons. The van der Waals surface area contributed by atoms with Gasteiger partial charge in [0, 0.05) is 24.7 Å². The molecular formula is C25H30N4O3. The number of nitrogens with zero attached hydrogens (tertiary/aromatic N) is 3. The van der Waals surface area contributed by atoms with Gasteiger partial charge in [0.05, 0.1) is 11.9 Å². The molecular weight excluding hydrogens is 404 g/mol. The second kappa shape index (κ2) is 9.34. The summed E-state index contributed by atoms with van der Waals surface area (Å²) in [7, 11) is 1.56. The highest BCUT2D eigenvalue weighted by atomic mass is 16.2. The largest absolute Gasteiger partial charge is 0.331 e. The van der Waals surface area contributed by atoms with Crippen LogP contribution in [0.25, 0.3) is 10.8 Å². The summed E-state index contributed by atoms with van der Waals surface area (Å²) in [6, 6.07) is 11.0. The lowest BCUT2D eigenvalue weighted by Gasteiger charge is -2.19. The molecule has 1 N–H and O–H groups in total. The van der Waals surface area contributed by atoms with E-state index in [2.05, 4.69) is 10.4 Å². The normalized spacial score (nSPS) is 11.1. The van der Waals surface area contributed by atoms with Gasteiger partial charge in [0.1, 0.15) is 0 Å². The smallest absolute Gasteiger partial charge is 0.275 e. The van der Waals surface area contributed by atoms with E-state index in [1.54, 1.807) is 31.3 Å². The van der Waals surface area contributed by atoms with Crippen LogP contribution in [-0.2, 0) is 11.3 Å². The molecule has 0 fully saturated rings. The molecule has 7 nitrogen and oxygen atoms in total. The number of nitrogens with one attached hydrogen (secondary N) is 1. The number of carbonyl (C=O) groups excluding carboxylic acids is 2. The van der Waals surface area contributed by atoms with E-state index in [0.29, 0.717) is 17.3 Å². The molecule has 0 radical (unpaired) electrons. The SMILES string of the molecule is Cc1cc(C)c(NC(=O)CN(C)C(=O)c2nn(CC(C)C)c(=O)c3ccccc23)c(C)c1. The minimum absolute atomic E-state index is 0.134. The van der Waals surface area contributed by atoms with Crippen LogP contribution in [-0.4, -0.2) is 40.1 Å². The minimum Gasteiger partial charge on any atom is -0.331 e. The highest BCUT2D eigenvalue weighted by molar-refractivity contribution is 6.06. The highest BCUT2D eigenvalue weighted by Crippen LogP contribution is 2.22. The molecule has 3 rings (SSSR count). The fraction of sp³-hybridized carbons (Fsp3) is 0.360. The molecule has 0 unspecified atom stereocenters. The molecule has 0 spiro atoms. The summed E-state index contributed by atoms with van der Waals surface area (Å²) in [5, 5.41) is 8.22. The molecule has 0 saturated heterocycles. The molecule has 7 heteroatoms. The van der Waals surface area contributed by atoms with Gasteiger partial charge in [-0.25, -0.2) is 4.68 Å². The second-order valence-electron chi connectivity index (χ2n) is 8.76. The number of hydrogen-bond acceptors (Lipinski definition) is 4. The number of amides is 2. The lowest BCUT2D eigenvalue weighted by Crippen LogP contribution is -2.37. The Morgan fingerprint density at radius 3 is 2.25 bits per heavy atom. The number of benzene rings is 2. The van der Waals surface area contributed by atoms with Crippen molar-refractivity contribution in [1.82, 2.24) is 14.7 Å². The van der Waals surface area contributed by atoms with Crippen molar-refractivity contribution >= 4 is 28.3 Å². The summed E-state index contributed by atoms with van der Waals surface area (Å²) in [6.45, 7) is 10.1. The Morgan fingerprint density at radius 2 is 1.66 bits per heavy atom. The Balaban J connectivity index is 1.88. The first-order chi connectivity index (χ1) is 15.1. The monoisotopic (exact) mass is 434 g/mol. The molecule has 3 aromatic rings. The van der Waals surface area contributed by atoms with E-state index in [-0.39, 0.29) is 29.6 Å². The van der Waals surface area contributed by atoms with Crippen molar-refractivity contribution in [3.8, 4) is 0 Å². The number of rotatable bonds is 6. The van der Waals surface area contributed by atoms with Crippen molar-refractivity contribution < 1.29 is 9.59 Å². The van der Waals surface area contributed by atoms with E-state index in [0.717, 1.165) is 22.4 Å². The molecule has 32 heavy (non-hydrogen) atoms. The Kier molecular flexibility index (Phi) is 6.77. The number of fused-ring (bicyclic) bond motifs is 1. The number of aromatic nitrogens is 2. The molecule has 0 saturated carbocycles. The van der Waals surface area contributed by atoms with Crippen LogP contribution in [0.1, 0.15) is 41.0 Å². The van der Waals surface area contributed by atoms with Crippen LogP contribution in [0.5, 0.6) is 0 Å². The maximum absolute atomic E-state index is 13.2. The van der Waals surface area contributed by atoms with Crippen LogP contribution in [0.4, 0.5) is 5.69 Å². The van der Waals surface area contributed by atoms with Gasteiger partial charge < -0.3 is 10.2 Å². The number of likely N-dealkylation sites (N-methyl/N-ethyl adjacent to an activating group) is 1. The minimum atomic E-state index is -0.411. The number of carbonyl (C=O) groups is 2. The van der Waals surface area contributed by atoms with E-state index in [1.807, 2.05) is 46.8 Å². The molecule has 2 amide bonds. The van der Waals surface area contributed by atoms with Gasteiger partial charge in [0.15, 0.2) is 5.69 Å². The quantitative estimate of drug-likeness (QED) is 0.641. The Hall–Kier alpha value is -3.48. The summed E-state index contributed by atoms with van der Waals surface area (Å²) < 4.78 is 1.34. The zero-order valence-electron chi connectivity index (χ0n) is 19.5. The highest BCUT2D eigenvalue weighted by Gasteiger charge is 2.22. The van der Waals surface area contributed by atoms with E-state index in [4.69, 9.17) is 0 Å². The van der Waals surface area contributed by atoms with Crippen LogP contribution < -0.4 is 10.9 Å². The second-order valence-corrected chi connectivity index (χ2v) is 8.76. The molecule has 0 bridgehead atoms. The van der Waals surface area contributed by atoms with Crippen LogP contribution in [0.3, 0.4) is 0 Å². The summed E-state index contributed by atoms with van der Waals surface area (Å²) >= 11 is 0. The lowest BCUT2D eigenvalue weighted by molar-refractivity contribution is -0.116. The third-order valence-corrected chi connectivity index (χ3v) is 5.28. The molecule has 0 aliphatic rings. The standard InChI is InChI=1S/C25H30N4O3/c1-15(2)13-29-24(31)20-10-8-7-9-19(20)23(27-29)25(32)28(6)14-21(30)26-22-17(4)11-16(3)12-18(22)5/h7-12,15H,13-14H2,1-6H3,(H,26,30). The fourth-order valence-corrected chi connectivity index (χ4v) is 3.89. The third-order valence-electron chi connectivity index (χ3n) is 5.28. The molecule has 0 atom stereocenters.